The summed E-state index contributed by atoms with van der Waals surface area (Å²) in [5, 5.41) is 9.41. The van der Waals surface area contributed by atoms with Crippen LogP contribution in [0.5, 0.6) is 0 Å². The third kappa shape index (κ3) is 3.98. The first kappa shape index (κ1) is 18.6. The number of carbonyl (C=O) groups is 1. The molecule has 0 spiro atoms. The van der Waals surface area contributed by atoms with Gasteiger partial charge in [0.15, 0.2) is 5.82 Å². The summed E-state index contributed by atoms with van der Waals surface area (Å²) in [7, 11) is 0. The second-order valence-electron chi connectivity index (χ2n) is 5.18. The molecule has 1 atom stereocenters. The summed E-state index contributed by atoms with van der Waals surface area (Å²) in [6.07, 6.45) is 0.372. The molecular weight excluding hydrogens is 442 g/mol. The number of rotatable bonds is 6. The van der Waals surface area contributed by atoms with Crippen LogP contribution in [0, 0.1) is 0 Å². The maximum atomic E-state index is 11.9. The van der Waals surface area contributed by atoms with Crippen LogP contribution in [-0.4, -0.2) is 28.6 Å². The second-order valence-corrected chi connectivity index (χ2v) is 7.42. The van der Waals surface area contributed by atoms with Gasteiger partial charge < -0.3 is 9.66 Å². The molecule has 26 heavy (non-hydrogen) atoms. The van der Waals surface area contributed by atoms with Gasteiger partial charge in [0.2, 0.25) is 0 Å². The van der Waals surface area contributed by atoms with Gasteiger partial charge in [-0.2, -0.15) is 8.75 Å². The van der Waals surface area contributed by atoms with Gasteiger partial charge in [-0.25, -0.2) is 4.79 Å². The lowest BCUT2D eigenvalue weighted by molar-refractivity contribution is 0.0698. The molecule has 0 aliphatic rings. The molecule has 0 bridgehead atoms. The molecule has 3 aromatic rings. The van der Waals surface area contributed by atoms with E-state index in [1.54, 1.807) is 0 Å². The molecular formula is C16H11BrN3O4S2-. The third-order valence-corrected chi connectivity index (χ3v) is 5.22. The van der Waals surface area contributed by atoms with Crippen molar-refractivity contribution in [2.75, 3.05) is 4.31 Å². The molecule has 1 aromatic heterocycles. The van der Waals surface area contributed by atoms with Crippen molar-refractivity contribution in [2.24, 2.45) is 0 Å². The number of carboxylic acid groups (broad SMARTS) is 1. The molecule has 10 heteroatoms. The van der Waals surface area contributed by atoms with Crippen LogP contribution in [0.4, 0.5) is 11.5 Å². The van der Waals surface area contributed by atoms with Gasteiger partial charge >= 0.3 is 5.97 Å². The van der Waals surface area contributed by atoms with Crippen LogP contribution in [0.15, 0.2) is 53.0 Å². The van der Waals surface area contributed by atoms with Crippen molar-refractivity contribution in [1.82, 2.24) is 8.75 Å². The van der Waals surface area contributed by atoms with Crippen LogP contribution >= 0.6 is 27.7 Å². The van der Waals surface area contributed by atoms with E-state index in [0.717, 1.165) is 21.6 Å². The number of hydrogen-bond acceptors (Lipinski definition) is 6. The van der Waals surface area contributed by atoms with Gasteiger partial charge in [-0.05, 0) is 23.8 Å². The van der Waals surface area contributed by atoms with Gasteiger partial charge in [0, 0.05) is 10.9 Å². The van der Waals surface area contributed by atoms with Gasteiger partial charge in [0.05, 0.1) is 34.2 Å². The minimum atomic E-state index is -2.78. The van der Waals surface area contributed by atoms with E-state index in [4.69, 9.17) is 0 Å². The highest BCUT2D eigenvalue weighted by Crippen LogP contribution is 2.34. The summed E-state index contributed by atoms with van der Waals surface area (Å²) in [5.41, 5.74) is 1.21. The van der Waals surface area contributed by atoms with Crippen molar-refractivity contribution in [3.8, 4) is 0 Å². The Morgan fingerprint density at radius 2 is 1.96 bits per heavy atom. The number of aromatic carboxylic acids is 1. The van der Waals surface area contributed by atoms with E-state index in [2.05, 4.69) is 24.7 Å². The van der Waals surface area contributed by atoms with Crippen LogP contribution in [0.2, 0.25) is 0 Å². The molecule has 0 radical (unpaired) electrons. The van der Waals surface area contributed by atoms with E-state index in [0.29, 0.717) is 16.6 Å². The lowest BCUT2D eigenvalue weighted by atomic mass is 10.1. The number of anilines is 2. The first-order chi connectivity index (χ1) is 12.5. The van der Waals surface area contributed by atoms with Crippen molar-refractivity contribution in [2.45, 2.75) is 6.42 Å². The fourth-order valence-electron chi connectivity index (χ4n) is 2.38. The van der Waals surface area contributed by atoms with E-state index in [1.807, 2.05) is 30.3 Å². The SMILES string of the molecule is O=C(O)c1ccc(Br)cc1N(c1nsnc1Cc1ccccc1)S(=O)[O-]. The molecule has 0 saturated heterocycles. The summed E-state index contributed by atoms with van der Waals surface area (Å²) in [6, 6.07) is 13.7. The lowest BCUT2D eigenvalue weighted by Crippen LogP contribution is -2.23. The van der Waals surface area contributed by atoms with Crippen LogP contribution < -0.4 is 4.31 Å². The highest BCUT2D eigenvalue weighted by molar-refractivity contribution is 9.10. The molecule has 7 nitrogen and oxygen atoms in total. The third-order valence-electron chi connectivity index (χ3n) is 3.50. The zero-order valence-electron chi connectivity index (χ0n) is 13.0. The fourth-order valence-corrected chi connectivity index (χ4v) is 3.93. The molecule has 0 aliphatic heterocycles. The zero-order chi connectivity index (χ0) is 18.7. The number of halogens is 1. The van der Waals surface area contributed by atoms with E-state index in [1.165, 1.54) is 18.2 Å². The number of aromatic nitrogens is 2. The molecule has 0 amide bonds. The van der Waals surface area contributed by atoms with Crippen molar-refractivity contribution in [3.63, 3.8) is 0 Å². The minimum Gasteiger partial charge on any atom is -0.755 e. The predicted molar refractivity (Wildman–Crippen MR) is 101 cm³/mol. The number of hydrogen-bond donors (Lipinski definition) is 1. The summed E-state index contributed by atoms with van der Waals surface area (Å²) in [5.74, 6) is -1.15. The maximum Gasteiger partial charge on any atom is 0.337 e. The van der Waals surface area contributed by atoms with Crippen molar-refractivity contribution in [1.29, 1.82) is 0 Å². The van der Waals surface area contributed by atoms with Gasteiger partial charge in [-0.3, -0.25) is 8.51 Å². The quantitative estimate of drug-likeness (QED) is 0.573. The van der Waals surface area contributed by atoms with Crippen LogP contribution in [-0.2, 0) is 17.7 Å². The van der Waals surface area contributed by atoms with E-state index in [9.17, 15) is 18.7 Å². The summed E-state index contributed by atoms with van der Waals surface area (Å²) >= 11 is 1.33. The Morgan fingerprint density at radius 1 is 1.23 bits per heavy atom. The molecule has 2 aromatic carbocycles. The topological polar surface area (TPSA) is 106 Å². The van der Waals surface area contributed by atoms with Gasteiger partial charge in [0.1, 0.15) is 5.69 Å². The molecule has 134 valence electrons. The Labute approximate surface area is 164 Å². The Bertz CT molecular complexity index is 965. The number of nitrogens with zero attached hydrogens (tertiary/aromatic N) is 3. The largest absolute Gasteiger partial charge is 0.755 e. The zero-order valence-corrected chi connectivity index (χ0v) is 16.3. The predicted octanol–water partition coefficient (Wildman–Crippen LogP) is 3.52. The molecule has 1 unspecified atom stereocenters. The fraction of sp³-hybridized carbons (Fsp3) is 0.0625. The molecule has 3 rings (SSSR count). The van der Waals surface area contributed by atoms with E-state index in [-0.39, 0.29) is 17.1 Å². The lowest BCUT2D eigenvalue weighted by Gasteiger charge is -2.26. The van der Waals surface area contributed by atoms with Crippen LogP contribution in [0.25, 0.3) is 0 Å². The standard InChI is InChI=1S/C16H12BrN3O4S2/c17-11-6-7-12(16(21)22)14(9-11)20(26(23)24)15-13(18-25-19-15)8-10-4-2-1-3-5-10/h1-7,9H,8H2,(H,21,22)(H,23,24)/p-1. The maximum absolute atomic E-state index is 11.9. The molecule has 0 saturated carbocycles. The van der Waals surface area contributed by atoms with Crippen molar-refractivity contribution >= 4 is 56.4 Å². The molecule has 0 aliphatic carbocycles. The first-order valence-electron chi connectivity index (χ1n) is 7.25. The van der Waals surface area contributed by atoms with Crippen molar-refractivity contribution < 1.29 is 18.7 Å². The van der Waals surface area contributed by atoms with E-state index < -0.39 is 17.2 Å². The van der Waals surface area contributed by atoms with Gasteiger partial charge in [-0.15, -0.1) is 0 Å². The smallest absolute Gasteiger partial charge is 0.337 e. The highest BCUT2D eigenvalue weighted by atomic mass is 79.9. The van der Waals surface area contributed by atoms with Gasteiger partial charge in [0.25, 0.3) is 0 Å². The minimum absolute atomic E-state index is 0.0118. The van der Waals surface area contributed by atoms with Gasteiger partial charge in [-0.1, -0.05) is 46.3 Å². The first-order valence-corrected chi connectivity index (χ1v) is 9.80. The average molecular weight is 453 g/mol. The molecule has 0 fully saturated rings. The van der Waals surface area contributed by atoms with Crippen LogP contribution in [0.3, 0.4) is 0 Å². The molecule has 1 heterocycles. The highest BCUT2D eigenvalue weighted by Gasteiger charge is 2.24. The molecule has 1 N–H and O–H groups in total. The normalized spacial score (nSPS) is 11.9. The Morgan fingerprint density at radius 3 is 2.62 bits per heavy atom. The summed E-state index contributed by atoms with van der Waals surface area (Å²) in [6.45, 7) is 0. The van der Waals surface area contributed by atoms with E-state index >= 15 is 0 Å². The Balaban J connectivity index is 2.09. The monoisotopic (exact) mass is 452 g/mol. The number of carboxylic acids is 1. The Kier molecular flexibility index (Phi) is 5.77. The summed E-state index contributed by atoms with van der Waals surface area (Å²) < 4.78 is 33.6. The van der Waals surface area contributed by atoms with Crippen molar-refractivity contribution in [3.05, 3.63) is 69.8 Å². The number of benzene rings is 2. The Hall–Kier alpha value is -2.14. The van der Waals surface area contributed by atoms with Crippen LogP contribution in [0.1, 0.15) is 21.6 Å². The average Bonchev–Trinajstić information content (AvgIpc) is 3.03. The second kappa shape index (κ2) is 8.04. The summed E-state index contributed by atoms with van der Waals surface area (Å²) in [4.78, 5) is 11.5.